The van der Waals surface area contributed by atoms with Gasteiger partial charge in [-0.05, 0) is 156 Å². The van der Waals surface area contributed by atoms with Gasteiger partial charge < -0.3 is 14.8 Å². The second-order valence-electron chi connectivity index (χ2n) is 20.6. The van der Waals surface area contributed by atoms with Crippen molar-refractivity contribution in [2.24, 2.45) is 10.3 Å². The maximum Gasteiger partial charge on any atom is 0.365 e. The van der Waals surface area contributed by atoms with Crippen LogP contribution in [0.15, 0.2) is 174 Å². The molecule has 0 fully saturated rings. The lowest BCUT2D eigenvalue weighted by molar-refractivity contribution is -0.385. The summed E-state index contributed by atoms with van der Waals surface area (Å²) in [5.74, 6) is -1.78. The lowest BCUT2D eigenvalue weighted by Crippen LogP contribution is -2.26. The van der Waals surface area contributed by atoms with Crippen LogP contribution in [0.25, 0.3) is 22.3 Å². The van der Waals surface area contributed by atoms with Crippen molar-refractivity contribution in [1.29, 1.82) is 0 Å². The van der Waals surface area contributed by atoms with Crippen LogP contribution in [0.1, 0.15) is 183 Å². The number of hydrogen-bond acceptors (Lipinski definition) is 12. The van der Waals surface area contributed by atoms with E-state index in [-0.39, 0.29) is 32.1 Å². The van der Waals surface area contributed by atoms with Crippen molar-refractivity contribution >= 4 is 40.7 Å². The number of fused-ring (bicyclic) bond motifs is 6. The molecule has 418 valence electrons. The van der Waals surface area contributed by atoms with Crippen molar-refractivity contribution in [2.45, 2.75) is 129 Å². The van der Waals surface area contributed by atoms with Gasteiger partial charge in [-0.1, -0.05) is 168 Å². The van der Waals surface area contributed by atoms with Crippen LogP contribution in [-0.4, -0.2) is 44.4 Å². The second kappa shape index (κ2) is 27.8. The molecule has 1 N–H and O–H groups in total. The topological polar surface area (TPSA) is 201 Å². The van der Waals surface area contributed by atoms with Gasteiger partial charge in [0.15, 0.2) is 0 Å². The molecule has 0 saturated carbocycles. The van der Waals surface area contributed by atoms with Gasteiger partial charge in [-0.3, -0.25) is 20.2 Å². The summed E-state index contributed by atoms with van der Waals surface area (Å²) in [5, 5.41) is 39.8. The van der Waals surface area contributed by atoms with E-state index in [2.05, 4.69) is 62.3 Å². The van der Waals surface area contributed by atoms with Crippen LogP contribution in [-0.2, 0) is 20.4 Å². The van der Waals surface area contributed by atoms with E-state index in [4.69, 9.17) is 9.57 Å². The van der Waals surface area contributed by atoms with Crippen LogP contribution in [0.5, 0.6) is 0 Å². The molecule has 0 aromatic heterocycles. The zero-order valence-corrected chi connectivity index (χ0v) is 47.0. The van der Waals surface area contributed by atoms with Crippen molar-refractivity contribution < 1.29 is 39.0 Å². The van der Waals surface area contributed by atoms with E-state index in [1.807, 2.05) is 37.3 Å². The summed E-state index contributed by atoms with van der Waals surface area (Å²) >= 11 is 0. The Balaban J connectivity index is 0.000000186. The van der Waals surface area contributed by atoms with Crippen LogP contribution in [0.3, 0.4) is 0 Å². The number of ether oxygens (including phenoxy) is 1. The minimum Gasteiger partial charge on any atom is -0.411 e. The fourth-order valence-corrected chi connectivity index (χ4v) is 11.1. The van der Waals surface area contributed by atoms with Crippen LogP contribution in [0.4, 0.5) is 11.4 Å². The van der Waals surface area contributed by atoms with Crippen LogP contribution < -0.4 is 0 Å². The first-order valence-corrected chi connectivity index (χ1v) is 27.9. The Morgan fingerprint density at radius 1 is 0.444 bits per heavy atom. The van der Waals surface area contributed by atoms with Gasteiger partial charge in [-0.15, -0.1) is 0 Å². The molecule has 0 radical (unpaired) electrons. The molecule has 0 bridgehead atoms. The van der Waals surface area contributed by atoms with Crippen molar-refractivity contribution in [3.63, 3.8) is 0 Å². The van der Waals surface area contributed by atoms with Crippen molar-refractivity contribution in [3.05, 3.63) is 234 Å². The predicted molar refractivity (Wildman–Crippen MR) is 317 cm³/mol. The van der Waals surface area contributed by atoms with E-state index in [1.54, 1.807) is 116 Å². The summed E-state index contributed by atoms with van der Waals surface area (Å²) in [5.41, 5.74) is 12.8. The Bertz CT molecular complexity index is 3360. The molecule has 2 aliphatic carbocycles. The number of oxime groups is 2. The summed E-state index contributed by atoms with van der Waals surface area (Å²) in [4.78, 5) is 63.2. The standard InChI is InChI=1S/C30H32N2O4.C23H28N2O3.C14H10O3/c1-4-6-17-30(18-7-5-2)27-19-23(21(3)31-36-29(33)22-11-9-8-10-12-22)13-15-25(27)26-16-14-24(32(34)35)20-28(26)30;1-4-6-12-23(13-7-5-2)21-14-17(16(3)24-26)8-10-19(21)20-11-9-18(25(27)28)15-22(20)23;15-13(11-7-3-1-4-8-11)17-14(16)12-9-5-2-6-10-12/h8-16,19-20H,4-7,17-18H2,1-3H3;8-11,14-15,26H,4-7,12-13H2,1-3H3;1-10H/b31-21+;24-16+;. The van der Waals surface area contributed by atoms with E-state index < -0.39 is 17.9 Å². The first kappa shape index (κ1) is 59.7. The zero-order valence-electron chi connectivity index (χ0n) is 47.0. The smallest absolute Gasteiger partial charge is 0.365 e. The molecule has 81 heavy (non-hydrogen) atoms. The molecule has 7 aromatic rings. The van der Waals surface area contributed by atoms with Crippen LogP contribution >= 0.6 is 0 Å². The number of nitrogens with zero attached hydrogens (tertiary/aromatic N) is 4. The fraction of sp³-hybridized carbons (Fsp3) is 0.299. The number of non-ortho nitro benzene ring substituents is 2. The van der Waals surface area contributed by atoms with Gasteiger partial charge in [-0.2, -0.15) is 0 Å². The first-order valence-electron chi connectivity index (χ1n) is 27.9. The highest BCUT2D eigenvalue weighted by atomic mass is 16.7. The number of esters is 2. The van der Waals surface area contributed by atoms with Gasteiger partial charge in [-0.25, -0.2) is 14.4 Å². The highest BCUT2D eigenvalue weighted by Gasteiger charge is 2.45. The number of unbranched alkanes of at least 4 members (excludes halogenated alkanes) is 4. The highest BCUT2D eigenvalue weighted by molar-refractivity contribution is 6.03. The Morgan fingerprint density at radius 3 is 1.10 bits per heavy atom. The Kier molecular flexibility index (Phi) is 20.5. The largest absolute Gasteiger partial charge is 0.411 e. The molecular weight excluding hydrogens is 1020 g/mol. The Hall–Kier alpha value is -8.91. The predicted octanol–water partition coefficient (Wildman–Crippen LogP) is 16.9. The van der Waals surface area contributed by atoms with Gasteiger partial charge in [0.1, 0.15) is 0 Å². The van der Waals surface area contributed by atoms with E-state index >= 15 is 0 Å². The molecule has 0 amide bonds. The fourth-order valence-electron chi connectivity index (χ4n) is 11.1. The monoisotopic (exact) mass is 1090 g/mol. The number of carbonyl (C=O) groups excluding carboxylic acids is 3. The normalized spacial score (nSPS) is 13.2. The van der Waals surface area contributed by atoms with Crippen LogP contribution in [0.2, 0.25) is 0 Å². The van der Waals surface area contributed by atoms with Gasteiger partial charge in [0.05, 0.1) is 38.0 Å². The maximum absolute atomic E-state index is 12.4. The van der Waals surface area contributed by atoms with Crippen molar-refractivity contribution in [1.82, 2.24) is 0 Å². The summed E-state index contributed by atoms with van der Waals surface area (Å²) in [7, 11) is 0. The number of nitro groups is 2. The second-order valence-corrected chi connectivity index (χ2v) is 20.6. The van der Waals surface area contributed by atoms with E-state index in [9.17, 15) is 39.8 Å². The van der Waals surface area contributed by atoms with Gasteiger partial charge in [0.25, 0.3) is 11.4 Å². The molecular formula is C67H70N4O10. The number of carbonyl (C=O) groups is 3. The summed E-state index contributed by atoms with van der Waals surface area (Å²) in [6, 6.07) is 48.5. The lowest BCUT2D eigenvalue weighted by Gasteiger charge is -2.32. The molecule has 0 heterocycles. The van der Waals surface area contributed by atoms with E-state index in [0.29, 0.717) is 28.1 Å². The first-order chi connectivity index (χ1) is 39.2. The molecule has 0 aliphatic heterocycles. The van der Waals surface area contributed by atoms with E-state index in [1.165, 1.54) is 11.1 Å². The number of rotatable bonds is 20. The van der Waals surface area contributed by atoms with Crippen LogP contribution in [0, 0.1) is 20.2 Å². The average molecular weight is 1090 g/mol. The van der Waals surface area contributed by atoms with Crippen molar-refractivity contribution in [3.8, 4) is 22.3 Å². The third-order valence-corrected chi connectivity index (χ3v) is 15.4. The van der Waals surface area contributed by atoms with E-state index in [0.717, 1.165) is 122 Å². The number of nitro benzene ring substituents is 2. The summed E-state index contributed by atoms with van der Waals surface area (Å²) in [6.07, 6.45) is 12.2. The molecule has 0 unspecified atom stereocenters. The van der Waals surface area contributed by atoms with Gasteiger partial charge in [0, 0.05) is 35.1 Å². The minimum atomic E-state index is -0.639. The molecule has 9 rings (SSSR count). The average Bonchev–Trinajstić information content (AvgIpc) is 2.96. The molecule has 0 atom stereocenters. The van der Waals surface area contributed by atoms with Gasteiger partial charge >= 0.3 is 17.9 Å². The van der Waals surface area contributed by atoms with Crippen molar-refractivity contribution in [2.75, 3.05) is 0 Å². The highest BCUT2D eigenvalue weighted by Crippen LogP contribution is 2.56. The molecule has 0 spiro atoms. The number of benzene rings is 7. The third kappa shape index (κ3) is 13.6. The molecule has 14 nitrogen and oxygen atoms in total. The summed E-state index contributed by atoms with van der Waals surface area (Å²) < 4.78 is 4.74. The molecule has 0 saturated heterocycles. The lowest BCUT2D eigenvalue weighted by atomic mass is 9.70. The molecule has 14 heteroatoms. The SMILES string of the molecule is CCCCC1(CCCC)c2cc(/C(C)=N/O)ccc2-c2ccc([N+](=O)[O-])cc21.CCCCC1(CCCC)c2cc(/C(C)=N/OC(=O)c3ccccc3)ccc2-c2ccc([N+](=O)[O-])cc21.O=C(OC(=O)c1ccccc1)c1ccccc1. The quantitative estimate of drug-likeness (QED) is 0.0146. The van der Waals surface area contributed by atoms with Gasteiger partial charge in [0.2, 0.25) is 0 Å². The molecule has 2 aliphatic rings. The Labute approximate surface area is 473 Å². The Morgan fingerprint density at radius 2 is 0.765 bits per heavy atom. The minimum absolute atomic E-state index is 0.129. The third-order valence-electron chi connectivity index (χ3n) is 15.4. The summed E-state index contributed by atoms with van der Waals surface area (Å²) in [6.45, 7) is 12.3. The zero-order chi connectivity index (χ0) is 58.1. The molecule has 7 aromatic carbocycles. The maximum atomic E-state index is 12.4. The number of hydrogen-bond donors (Lipinski definition) is 1.